The van der Waals surface area contributed by atoms with E-state index in [1.807, 2.05) is 0 Å². The molecule has 0 saturated heterocycles. The quantitative estimate of drug-likeness (QED) is 0.106. The Morgan fingerprint density at radius 2 is 0.550 bits per heavy atom. The van der Waals surface area contributed by atoms with Crippen LogP contribution < -0.4 is 0 Å². The maximum atomic E-state index is 4.55. The maximum absolute atomic E-state index is 4.55. The van der Waals surface area contributed by atoms with Gasteiger partial charge >= 0.3 is 0 Å². The summed E-state index contributed by atoms with van der Waals surface area (Å²) in [4.78, 5) is 1.98. The van der Waals surface area contributed by atoms with Gasteiger partial charge in [-0.25, -0.2) is 0 Å². The lowest BCUT2D eigenvalue weighted by Crippen LogP contribution is -1.85. The first kappa shape index (κ1) is 22.6. The number of rotatable bonds is 0. The van der Waals surface area contributed by atoms with E-state index in [0.29, 0.717) is 0 Å². The first-order valence-electron chi connectivity index (χ1n) is 13.5. The summed E-state index contributed by atoms with van der Waals surface area (Å²) in [7, 11) is 0. The van der Waals surface area contributed by atoms with Gasteiger partial charge in [-0.15, -0.1) is 25.3 Å². The lowest BCUT2D eigenvalue weighted by Gasteiger charge is -2.13. The molecule has 9 aromatic carbocycles. The van der Waals surface area contributed by atoms with Crippen LogP contribution in [0.3, 0.4) is 0 Å². The van der Waals surface area contributed by atoms with Crippen LogP contribution in [0.25, 0.3) is 86.2 Å². The molecule has 0 atom stereocenters. The van der Waals surface area contributed by atoms with Gasteiger partial charge in [0.25, 0.3) is 0 Å². The standard InChI is InChI=1S/C38H22S2/c39-29-7-1-21-18-35-25(14-27(21)16-29)5-11-33-31(35)9-3-23-13-24-4-10-32-34(38(24)20-37(23)33)12-6-26-15-28-17-30(40)8-2-22(28)19-36(26)32/h1-20,39-40H. The van der Waals surface area contributed by atoms with E-state index < -0.39 is 0 Å². The minimum Gasteiger partial charge on any atom is -0.143 e. The van der Waals surface area contributed by atoms with Crippen molar-refractivity contribution in [2.75, 3.05) is 0 Å². The Hall–Kier alpha value is -4.24. The van der Waals surface area contributed by atoms with Gasteiger partial charge in [0.05, 0.1) is 0 Å². The average molecular weight is 543 g/mol. The van der Waals surface area contributed by atoms with Gasteiger partial charge in [-0.1, -0.05) is 60.7 Å². The molecule has 0 heterocycles. The fourth-order valence-electron chi connectivity index (χ4n) is 6.72. The third kappa shape index (κ3) is 3.24. The Balaban J connectivity index is 1.35. The van der Waals surface area contributed by atoms with Crippen molar-refractivity contribution in [3.05, 3.63) is 121 Å². The predicted molar refractivity (Wildman–Crippen MR) is 181 cm³/mol. The van der Waals surface area contributed by atoms with E-state index in [9.17, 15) is 0 Å². The topological polar surface area (TPSA) is 0 Å². The molecular formula is C38H22S2. The molecule has 0 aliphatic rings. The molecule has 9 rings (SSSR count). The molecule has 0 radical (unpaired) electrons. The van der Waals surface area contributed by atoms with Crippen molar-refractivity contribution < 1.29 is 0 Å². The van der Waals surface area contributed by atoms with E-state index >= 15 is 0 Å². The summed E-state index contributed by atoms with van der Waals surface area (Å²) in [5, 5.41) is 20.3. The summed E-state index contributed by atoms with van der Waals surface area (Å²) in [5.41, 5.74) is 0. The molecule has 0 spiro atoms. The Morgan fingerprint density at radius 1 is 0.225 bits per heavy atom. The lowest BCUT2D eigenvalue weighted by atomic mass is 9.91. The fourth-order valence-corrected chi connectivity index (χ4v) is 7.14. The molecule has 0 saturated carbocycles. The van der Waals surface area contributed by atoms with Gasteiger partial charge in [0.15, 0.2) is 0 Å². The molecular weight excluding hydrogens is 521 g/mol. The normalized spacial score (nSPS) is 12.2. The van der Waals surface area contributed by atoms with Gasteiger partial charge < -0.3 is 0 Å². The van der Waals surface area contributed by atoms with Crippen molar-refractivity contribution >= 4 is 111 Å². The highest BCUT2D eigenvalue weighted by Gasteiger charge is 2.11. The minimum absolute atomic E-state index is 0.991. The van der Waals surface area contributed by atoms with Crippen LogP contribution in [0.2, 0.25) is 0 Å². The number of hydrogen-bond donors (Lipinski definition) is 2. The highest BCUT2D eigenvalue weighted by Crippen LogP contribution is 2.39. The third-order valence-electron chi connectivity index (χ3n) is 8.67. The molecule has 0 aromatic heterocycles. The van der Waals surface area contributed by atoms with Crippen LogP contribution in [0.15, 0.2) is 131 Å². The zero-order valence-corrected chi connectivity index (χ0v) is 23.2. The fraction of sp³-hybridized carbons (Fsp3) is 0. The van der Waals surface area contributed by atoms with Crippen LogP contribution in [0.1, 0.15) is 0 Å². The molecule has 0 N–H and O–H groups in total. The van der Waals surface area contributed by atoms with Crippen molar-refractivity contribution in [1.82, 2.24) is 0 Å². The smallest absolute Gasteiger partial charge is 0.00463 e. The Morgan fingerprint density at radius 3 is 0.950 bits per heavy atom. The number of benzene rings is 9. The van der Waals surface area contributed by atoms with E-state index in [-0.39, 0.29) is 0 Å². The second kappa shape index (κ2) is 8.14. The highest BCUT2D eigenvalue weighted by atomic mass is 32.1. The first-order valence-corrected chi connectivity index (χ1v) is 14.4. The second-order valence-corrected chi connectivity index (χ2v) is 12.0. The summed E-state index contributed by atoms with van der Waals surface area (Å²) in [5.74, 6) is 0. The summed E-state index contributed by atoms with van der Waals surface area (Å²) < 4.78 is 0. The molecule has 0 aliphatic heterocycles. The van der Waals surface area contributed by atoms with Crippen molar-refractivity contribution in [2.24, 2.45) is 0 Å². The largest absolute Gasteiger partial charge is 0.143 e. The molecule has 40 heavy (non-hydrogen) atoms. The molecule has 9 aromatic rings. The van der Waals surface area contributed by atoms with E-state index in [4.69, 9.17) is 0 Å². The summed E-state index contributed by atoms with van der Waals surface area (Å²) in [6, 6.07) is 45.0. The summed E-state index contributed by atoms with van der Waals surface area (Å²) in [6.45, 7) is 0. The van der Waals surface area contributed by atoms with Gasteiger partial charge in [-0.3, -0.25) is 0 Å². The van der Waals surface area contributed by atoms with Crippen LogP contribution in [0.4, 0.5) is 0 Å². The lowest BCUT2D eigenvalue weighted by molar-refractivity contribution is 1.53. The molecule has 0 nitrogen and oxygen atoms in total. The monoisotopic (exact) mass is 542 g/mol. The third-order valence-corrected chi connectivity index (χ3v) is 9.22. The van der Waals surface area contributed by atoms with E-state index in [1.165, 1.54) is 86.2 Å². The van der Waals surface area contributed by atoms with Crippen molar-refractivity contribution in [2.45, 2.75) is 9.79 Å². The predicted octanol–water partition coefficient (Wildman–Crippen LogP) is 11.5. The molecule has 0 aliphatic carbocycles. The molecule has 2 heteroatoms. The SMILES string of the molecule is Sc1ccc2cc3c(ccc4c5cc6c(ccc7c8cc9ccc(S)cc9cc8ccc67)cc5ccc34)cc2c1. The Labute approximate surface area is 241 Å². The number of fused-ring (bicyclic) bond motifs is 12. The molecule has 0 bridgehead atoms. The molecule has 0 unspecified atom stereocenters. The molecule has 0 fully saturated rings. The zero-order valence-electron chi connectivity index (χ0n) is 21.4. The summed E-state index contributed by atoms with van der Waals surface area (Å²) >= 11 is 9.09. The maximum Gasteiger partial charge on any atom is 0.00463 e. The van der Waals surface area contributed by atoms with Gasteiger partial charge in [0.1, 0.15) is 0 Å². The van der Waals surface area contributed by atoms with E-state index in [2.05, 4.69) is 147 Å². The molecule has 186 valence electrons. The van der Waals surface area contributed by atoms with Crippen LogP contribution >= 0.6 is 25.3 Å². The van der Waals surface area contributed by atoms with Crippen molar-refractivity contribution in [3.63, 3.8) is 0 Å². The van der Waals surface area contributed by atoms with Gasteiger partial charge in [0.2, 0.25) is 0 Å². The van der Waals surface area contributed by atoms with E-state index in [1.54, 1.807) is 0 Å². The first-order chi connectivity index (χ1) is 19.6. The van der Waals surface area contributed by atoms with Gasteiger partial charge in [0, 0.05) is 9.79 Å². The van der Waals surface area contributed by atoms with Crippen LogP contribution in [0, 0.1) is 0 Å². The Kier molecular flexibility index (Phi) is 4.59. The van der Waals surface area contributed by atoms with Gasteiger partial charge in [-0.2, -0.15) is 0 Å². The van der Waals surface area contributed by atoms with Crippen LogP contribution in [-0.4, -0.2) is 0 Å². The summed E-state index contributed by atoms with van der Waals surface area (Å²) in [6.07, 6.45) is 0. The molecule has 0 amide bonds. The minimum atomic E-state index is 0.991. The number of thiol groups is 2. The van der Waals surface area contributed by atoms with Crippen LogP contribution in [-0.2, 0) is 0 Å². The van der Waals surface area contributed by atoms with Crippen molar-refractivity contribution in [3.8, 4) is 0 Å². The zero-order chi connectivity index (χ0) is 26.5. The number of hydrogen-bond acceptors (Lipinski definition) is 2. The van der Waals surface area contributed by atoms with E-state index in [0.717, 1.165) is 9.79 Å². The highest BCUT2D eigenvalue weighted by molar-refractivity contribution is 7.80. The van der Waals surface area contributed by atoms with Gasteiger partial charge in [-0.05, 0) is 147 Å². The van der Waals surface area contributed by atoms with Crippen molar-refractivity contribution in [1.29, 1.82) is 0 Å². The second-order valence-electron chi connectivity index (χ2n) is 11.0. The van der Waals surface area contributed by atoms with Crippen LogP contribution in [0.5, 0.6) is 0 Å². The Bertz CT molecular complexity index is 2380. The average Bonchev–Trinajstić information content (AvgIpc) is 2.97.